The molecule has 1 rings (SSSR count). The van der Waals surface area contributed by atoms with Crippen LogP contribution < -0.4 is 5.32 Å². The van der Waals surface area contributed by atoms with Crippen molar-refractivity contribution in [2.75, 3.05) is 6.54 Å². The van der Waals surface area contributed by atoms with Gasteiger partial charge in [0, 0.05) is 12.6 Å². The summed E-state index contributed by atoms with van der Waals surface area (Å²) in [6, 6.07) is 0.730. The van der Waals surface area contributed by atoms with Gasteiger partial charge < -0.3 is 5.32 Å². The van der Waals surface area contributed by atoms with E-state index in [-0.39, 0.29) is 0 Å². The Kier molecular flexibility index (Phi) is 4.39. The fourth-order valence-corrected chi connectivity index (χ4v) is 2.66. The Bertz CT molecular complexity index is 223. The standard InChI is InChI=1S/C14H27N/c1-11(2)7-9-15-13-6-8-14(4,5)10-12(13)3/h7,12-13,15H,6,8-10H2,1-5H3. The van der Waals surface area contributed by atoms with Crippen molar-refractivity contribution in [3.63, 3.8) is 0 Å². The van der Waals surface area contributed by atoms with Gasteiger partial charge in [-0.3, -0.25) is 0 Å². The minimum absolute atomic E-state index is 0.564. The van der Waals surface area contributed by atoms with Crippen molar-refractivity contribution >= 4 is 0 Å². The molecule has 0 aromatic heterocycles. The highest BCUT2D eigenvalue weighted by Gasteiger charge is 2.31. The predicted octanol–water partition coefficient (Wildman–Crippen LogP) is 3.76. The highest BCUT2D eigenvalue weighted by atomic mass is 14.9. The lowest BCUT2D eigenvalue weighted by Gasteiger charge is -2.39. The van der Waals surface area contributed by atoms with Crippen molar-refractivity contribution in [3.8, 4) is 0 Å². The van der Waals surface area contributed by atoms with Gasteiger partial charge in [-0.2, -0.15) is 0 Å². The van der Waals surface area contributed by atoms with E-state index in [9.17, 15) is 0 Å². The smallest absolute Gasteiger partial charge is 0.0140 e. The number of allylic oxidation sites excluding steroid dienone is 1. The molecule has 1 nitrogen and oxygen atoms in total. The third-order valence-electron chi connectivity index (χ3n) is 3.58. The van der Waals surface area contributed by atoms with Crippen LogP contribution in [0.15, 0.2) is 11.6 Å². The molecule has 0 heterocycles. The quantitative estimate of drug-likeness (QED) is 0.698. The number of hydrogen-bond donors (Lipinski definition) is 1. The van der Waals surface area contributed by atoms with Crippen molar-refractivity contribution in [1.82, 2.24) is 5.32 Å². The van der Waals surface area contributed by atoms with Crippen LogP contribution in [0.1, 0.15) is 53.9 Å². The highest BCUT2D eigenvalue weighted by molar-refractivity contribution is 4.96. The van der Waals surface area contributed by atoms with Crippen LogP contribution in [0.5, 0.6) is 0 Å². The molecule has 0 aromatic rings. The number of nitrogens with one attached hydrogen (secondary N) is 1. The molecular formula is C14H27N. The normalized spacial score (nSPS) is 29.9. The van der Waals surface area contributed by atoms with E-state index in [1.165, 1.54) is 24.8 Å². The number of rotatable bonds is 3. The van der Waals surface area contributed by atoms with Crippen LogP contribution in [0.25, 0.3) is 0 Å². The van der Waals surface area contributed by atoms with Crippen LogP contribution in [0.4, 0.5) is 0 Å². The van der Waals surface area contributed by atoms with Crippen molar-refractivity contribution in [1.29, 1.82) is 0 Å². The van der Waals surface area contributed by atoms with Crippen LogP contribution >= 0.6 is 0 Å². The largest absolute Gasteiger partial charge is 0.310 e. The highest BCUT2D eigenvalue weighted by Crippen LogP contribution is 2.38. The molecule has 1 aliphatic rings. The first-order valence-corrected chi connectivity index (χ1v) is 6.27. The van der Waals surface area contributed by atoms with Gasteiger partial charge >= 0.3 is 0 Å². The minimum Gasteiger partial charge on any atom is -0.310 e. The maximum absolute atomic E-state index is 3.66. The van der Waals surface area contributed by atoms with E-state index >= 15 is 0 Å². The van der Waals surface area contributed by atoms with Gasteiger partial charge in [0.15, 0.2) is 0 Å². The monoisotopic (exact) mass is 209 g/mol. The molecule has 2 atom stereocenters. The molecule has 1 heteroatoms. The van der Waals surface area contributed by atoms with Crippen LogP contribution in [-0.4, -0.2) is 12.6 Å². The zero-order chi connectivity index (χ0) is 11.5. The third kappa shape index (κ3) is 4.38. The lowest BCUT2D eigenvalue weighted by molar-refractivity contribution is 0.151. The van der Waals surface area contributed by atoms with E-state index in [1.54, 1.807) is 0 Å². The first-order valence-electron chi connectivity index (χ1n) is 6.27. The third-order valence-corrected chi connectivity index (χ3v) is 3.58. The molecule has 0 spiro atoms. The predicted molar refractivity (Wildman–Crippen MR) is 68.0 cm³/mol. The van der Waals surface area contributed by atoms with Gasteiger partial charge in [-0.25, -0.2) is 0 Å². The van der Waals surface area contributed by atoms with E-state index in [0.717, 1.165) is 18.5 Å². The van der Waals surface area contributed by atoms with Gasteiger partial charge in [-0.1, -0.05) is 32.4 Å². The zero-order valence-corrected chi connectivity index (χ0v) is 11.1. The summed E-state index contributed by atoms with van der Waals surface area (Å²) in [5.74, 6) is 0.819. The van der Waals surface area contributed by atoms with Gasteiger partial charge in [0.1, 0.15) is 0 Å². The molecule has 1 saturated carbocycles. The van der Waals surface area contributed by atoms with Crippen molar-refractivity contribution in [3.05, 3.63) is 11.6 Å². The lowest BCUT2D eigenvalue weighted by atomic mass is 9.70. The maximum atomic E-state index is 3.66. The number of hydrogen-bond acceptors (Lipinski definition) is 1. The minimum atomic E-state index is 0.564. The molecule has 0 amide bonds. The molecule has 2 unspecified atom stereocenters. The van der Waals surface area contributed by atoms with Crippen LogP contribution in [0, 0.1) is 11.3 Å². The molecule has 15 heavy (non-hydrogen) atoms. The first-order chi connectivity index (χ1) is 6.91. The van der Waals surface area contributed by atoms with Crippen molar-refractivity contribution in [2.24, 2.45) is 11.3 Å². The Balaban J connectivity index is 2.35. The van der Waals surface area contributed by atoms with E-state index in [4.69, 9.17) is 0 Å². The van der Waals surface area contributed by atoms with Crippen LogP contribution in [0.3, 0.4) is 0 Å². The SMILES string of the molecule is CC(C)=CCNC1CCC(C)(C)CC1C. The summed E-state index contributed by atoms with van der Waals surface area (Å²) in [5.41, 5.74) is 1.97. The van der Waals surface area contributed by atoms with Gasteiger partial charge in [-0.05, 0) is 44.4 Å². The topological polar surface area (TPSA) is 12.0 Å². The van der Waals surface area contributed by atoms with E-state index in [1.807, 2.05) is 0 Å². The molecule has 1 N–H and O–H groups in total. The average molecular weight is 209 g/mol. The molecule has 0 aliphatic heterocycles. The molecule has 0 radical (unpaired) electrons. The van der Waals surface area contributed by atoms with Gasteiger partial charge in [0.2, 0.25) is 0 Å². The molecule has 0 aromatic carbocycles. The summed E-state index contributed by atoms with van der Waals surface area (Å²) in [6.07, 6.45) is 6.35. The van der Waals surface area contributed by atoms with E-state index < -0.39 is 0 Å². The molecule has 1 aliphatic carbocycles. The summed E-state index contributed by atoms with van der Waals surface area (Å²) in [6.45, 7) is 12.6. The average Bonchev–Trinajstić information content (AvgIpc) is 2.07. The summed E-state index contributed by atoms with van der Waals surface area (Å²) >= 11 is 0. The molecular weight excluding hydrogens is 182 g/mol. The zero-order valence-electron chi connectivity index (χ0n) is 11.1. The molecule has 0 bridgehead atoms. The van der Waals surface area contributed by atoms with Gasteiger partial charge in [-0.15, -0.1) is 0 Å². The summed E-state index contributed by atoms with van der Waals surface area (Å²) in [7, 11) is 0. The van der Waals surface area contributed by atoms with E-state index in [2.05, 4.69) is 46.0 Å². The molecule has 0 saturated heterocycles. The molecule has 88 valence electrons. The molecule has 1 fully saturated rings. The summed E-state index contributed by atoms with van der Waals surface area (Å²) in [4.78, 5) is 0. The Morgan fingerprint density at radius 1 is 1.40 bits per heavy atom. The Morgan fingerprint density at radius 3 is 2.60 bits per heavy atom. The van der Waals surface area contributed by atoms with Crippen LogP contribution in [-0.2, 0) is 0 Å². The lowest BCUT2D eigenvalue weighted by Crippen LogP contribution is -2.41. The summed E-state index contributed by atoms with van der Waals surface area (Å²) in [5, 5.41) is 3.66. The fraction of sp³-hybridized carbons (Fsp3) is 0.857. The second-order valence-corrected chi connectivity index (χ2v) is 6.18. The van der Waals surface area contributed by atoms with Gasteiger partial charge in [0.05, 0.1) is 0 Å². The fourth-order valence-electron chi connectivity index (χ4n) is 2.66. The van der Waals surface area contributed by atoms with Crippen LogP contribution in [0.2, 0.25) is 0 Å². The maximum Gasteiger partial charge on any atom is 0.0140 e. The van der Waals surface area contributed by atoms with Crippen molar-refractivity contribution in [2.45, 2.75) is 59.9 Å². The Morgan fingerprint density at radius 2 is 2.07 bits per heavy atom. The van der Waals surface area contributed by atoms with E-state index in [0.29, 0.717) is 5.41 Å². The second-order valence-electron chi connectivity index (χ2n) is 6.18. The second kappa shape index (κ2) is 5.16. The van der Waals surface area contributed by atoms with Gasteiger partial charge in [0.25, 0.3) is 0 Å². The first kappa shape index (κ1) is 12.8. The Labute approximate surface area is 95.3 Å². The Hall–Kier alpha value is -0.300. The summed E-state index contributed by atoms with van der Waals surface area (Å²) < 4.78 is 0. The van der Waals surface area contributed by atoms with Crippen molar-refractivity contribution < 1.29 is 0 Å².